The summed E-state index contributed by atoms with van der Waals surface area (Å²) in [7, 11) is 1.53. The fourth-order valence-corrected chi connectivity index (χ4v) is 4.54. The topological polar surface area (TPSA) is 80.6 Å². The van der Waals surface area contributed by atoms with Gasteiger partial charge >= 0.3 is 0 Å². The van der Waals surface area contributed by atoms with Crippen LogP contribution in [0.5, 0.6) is 17.2 Å². The Morgan fingerprint density at radius 2 is 1.39 bits per heavy atom. The van der Waals surface area contributed by atoms with E-state index in [0.717, 1.165) is 11.1 Å². The average Bonchev–Trinajstić information content (AvgIpc) is 2.96. The van der Waals surface area contributed by atoms with Crippen LogP contribution in [0.4, 0.5) is 5.69 Å². The SMILES string of the molecule is COc1ccc(/C=C(\C#N)C(=O)Nc2ccc(OCc3ccc(Cl)cc3Cl)cc2)c(OCc2ccc(Cl)cc2Cl)c1. The maximum atomic E-state index is 12.9. The van der Waals surface area contributed by atoms with Crippen LogP contribution in [-0.2, 0) is 18.0 Å². The van der Waals surface area contributed by atoms with Gasteiger partial charge in [0.05, 0.1) is 7.11 Å². The number of carbonyl (C=O) groups is 1. The van der Waals surface area contributed by atoms with Gasteiger partial charge in [0, 0.05) is 48.5 Å². The molecule has 0 unspecified atom stereocenters. The summed E-state index contributed by atoms with van der Waals surface area (Å²) < 4.78 is 17.1. The van der Waals surface area contributed by atoms with Gasteiger partial charge < -0.3 is 19.5 Å². The number of nitrogens with zero attached hydrogens (tertiary/aromatic N) is 1. The van der Waals surface area contributed by atoms with Crippen molar-refractivity contribution in [2.75, 3.05) is 12.4 Å². The molecule has 0 heterocycles. The highest BCUT2D eigenvalue weighted by atomic mass is 35.5. The zero-order valence-electron chi connectivity index (χ0n) is 21.6. The van der Waals surface area contributed by atoms with Crippen molar-refractivity contribution in [2.24, 2.45) is 0 Å². The Balaban J connectivity index is 1.45. The molecule has 0 atom stereocenters. The number of hydrogen-bond acceptors (Lipinski definition) is 5. The Bertz CT molecular complexity index is 1630. The molecule has 0 aliphatic heterocycles. The molecule has 4 aromatic rings. The zero-order valence-corrected chi connectivity index (χ0v) is 24.6. The molecule has 0 saturated heterocycles. The Morgan fingerprint density at radius 3 is 1.95 bits per heavy atom. The van der Waals surface area contributed by atoms with E-state index in [1.807, 2.05) is 6.07 Å². The predicted molar refractivity (Wildman–Crippen MR) is 163 cm³/mol. The van der Waals surface area contributed by atoms with Gasteiger partial charge in [-0.3, -0.25) is 4.79 Å². The van der Waals surface area contributed by atoms with Crippen LogP contribution in [0.1, 0.15) is 16.7 Å². The van der Waals surface area contributed by atoms with E-state index in [4.69, 9.17) is 60.6 Å². The smallest absolute Gasteiger partial charge is 0.266 e. The Hall–Kier alpha value is -3.86. The first-order valence-corrected chi connectivity index (χ1v) is 13.6. The van der Waals surface area contributed by atoms with Crippen molar-refractivity contribution >= 4 is 64.1 Å². The minimum absolute atomic E-state index is 0.123. The molecule has 0 saturated carbocycles. The van der Waals surface area contributed by atoms with Crippen LogP contribution in [0.3, 0.4) is 0 Å². The van der Waals surface area contributed by atoms with Crippen LogP contribution in [0, 0.1) is 11.3 Å². The van der Waals surface area contributed by atoms with E-state index < -0.39 is 5.91 Å². The number of halogens is 4. The monoisotopic (exact) mass is 626 g/mol. The Kier molecular flexibility index (Phi) is 10.4. The van der Waals surface area contributed by atoms with Crippen LogP contribution < -0.4 is 19.5 Å². The first kappa shape index (κ1) is 30.1. The average molecular weight is 628 g/mol. The lowest BCUT2D eigenvalue weighted by molar-refractivity contribution is -0.112. The second-order valence-corrected chi connectivity index (χ2v) is 10.3. The molecule has 208 valence electrons. The molecule has 41 heavy (non-hydrogen) atoms. The van der Waals surface area contributed by atoms with Crippen molar-refractivity contribution in [1.29, 1.82) is 5.26 Å². The molecule has 0 fully saturated rings. The number of nitrogens with one attached hydrogen (secondary N) is 1. The summed E-state index contributed by atoms with van der Waals surface area (Å²) in [5.41, 5.74) is 2.37. The molecule has 10 heteroatoms. The van der Waals surface area contributed by atoms with Crippen LogP contribution in [0.25, 0.3) is 6.08 Å². The predicted octanol–water partition coefficient (Wildman–Crippen LogP) is 9.01. The van der Waals surface area contributed by atoms with Crippen molar-refractivity contribution in [1.82, 2.24) is 0 Å². The molecule has 0 aliphatic carbocycles. The van der Waals surface area contributed by atoms with Crippen molar-refractivity contribution in [3.63, 3.8) is 0 Å². The molecular formula is C31H22Cl4N2O4. The van der Waals surface area contributed by atoms with Gasteiger partial charge in [0.2, 0.25) is 0 Å². The zero-order chi connectivity index (χ0) is 29.4. The number of benzene rings is 4. The molecule has 0 aromatic heterocycles. The van der Waals surface area contributed by atoms with E-state index in [0.29, 0.717) is 48.6 Å². The third kappa shape index (κ3) is 8.32. The summed E-state index contributed by atoms with van der Waals surface area (Å²) in [5.74, 6) is 0.934. The van der Waals surface area contributed by atoms with Crippen LogP contribution in [0.15, 0.2) is 84.4 Å². The van der Waals surface area contributed by atoms with E-state index in [-0.39, 0.29) is 18.8 Å². The minimum Gasteiger partial charge on any atom is -0.497 e. The quantitative estimate of drug-likeness (QED) is 0.140. The number of amides is 1. The van der Waals surface area contributed by atoms with Gasteiger partial charge in [-0.1, -0.05) is 58.5 Å². The Morgan fingerprint density at radius 1 is 0.805 bits per heavy atom. The van der Waals surface area contributed by atoms with E-state index in [9.17, 15) is 10.1 Å². The maximum absolute atomic E-state index is 12.9. The van der Waals surface area contributed by atoms with Gasteiger partial charge in [-0.05, 0) is 66.7 Å². The van der Waals surface area contributed by atoms with Crippen LogP contribution >= 0.6 is 46.4 Å². The van der Waals surface area contributed by atoms with Gasteiger partial charge in [0.1, 0.15) is 42.1 Å². The lowest BCUT2D eigenvalue weighted by Gasteiger charge is -2.13. The fraction of sp³-hybridized carbons (Fsp3) is 0.0968. The second kappa shape index (κ2) is 14.2. The fourth-order valence-electron chi connectivity index (χ4n) is 3.62. The molecule has 4 aromatic carbocycles. The van der Waals surface area contributed by atoms with Crippen LogP contribution in [-0.4, -0.2) is 13.0 Å². The van der Waals surface area contributed by atoms with Gasteiger partial charge in [-0.25, -0.2) is 0 Å². The molecular weight excluding hydrogens is 606 g/mol. The van der Waals surface area contributed by atoms with Crippen molar-refractivity contribution < 1.29 is 19.0 Å². The number of ether oxygens (including phenoxy) is 3. The molecule has 0 aliphatic rings. The van der Waals surface area contributed by atoms with E-state index in [1.165, 1.54) is 13.2 Å². The third-order valence-corrected chi connectivity index (χ3v) is 6.98. The molecule has 4 rings (SSSR count). The van der Waals surface area contributed by atoms with Gasteiger partial charge in [0.15, 0.2) is 0 Å². The standard InChI is InChI=1S/C31H22Cl4N2O4/c1-39-27-9-4-19(30(15-27)41-18-21-3-6-24(33)14-29(21)35)12-22(16-36)31(38)37-25-7-10-26(11-8-25)40-17-20-2-5-23(32)13-28(20)34/h2-15H,17-18H2,1H3,(H,37,38)/b22-12+. The summed E-state index contributed by atoms with van der Waals surface area (Å²) in [6, 6.07) is 24.0. The van der Waals surface area contributed by atoms with E-state index >= 15 is 0 Å². The summed E-state index contributed by atoms with van der Waals surface area (Å²) >= 11 is 24.4. The molecule has 0 radical (unpaired) electrons. The Labute approximate surface area is 257 Å². The van der Waals surface area contributed by atoms with Gasteiger partial charge in [-0.2, -0.15) is 5.26 Å². The number of anilines is 1. The van der Waals surface area contributed by atoms with E-state index in [1.54, 1.807) is 78.9 Å². The number of nitriles is 1. The molecule has 1 amide bonds. The molecule has 1 N–H and O–H groups in total. The third-order valence-electron chi connectivity index (χ3n) is 5.81. The number of methoxy groups -OCH3 is 1. The van der Waals surface area contributed by atoms with Crippen molar-refractivity contribution in [2.45, 2.75) is 13.2 Å². The first-order valence-electron chi connectivity index (χ1n) is 12.1. The highest BCUT2D eigenvalue weighted by Gasteiger charge is 2.13. The van der Waals surface area contributed by atoms with Crippen LogP contribution in [0.2, 0.25) is 20.1 Å². The largest absolute Gasteiger partial charge is 0.497 e. The summed E-state index contributed by atoms with van der Waals surface area (Å²) in [5, 5.41) is 14.5. The molecule has 0 bridgehead atoms. The number of rotatable bonds is 10. The van der Waals surface area contributed by atoms with Gasteiger partial charge in [0.25, 0.3) is 5.91 Å². The molecule has 0 spiro atoms. The maximum Gasteiger partial charge on any atom is 0.266 e. The highest BCUT2D eigenvalue weighted by Crippen LogP contribution is 2.30. The highest BCUT2D eigenvalue weighted by molar-refractivity contribution is 6.35. The second-order valence-electron chi connectivity index (χ2n) is 8.60. The minimum atomic E-state index is -0.586. The summed E-state index contributed by atoms with van der Waals surface area (Å²) in [6.45, 7) is 0.385. The lowest BCUT2D eigenvalue weighted by atomic mass is 10.1. The normalized spacial score (nSPS) is 11.0. The van der Waals surface area contributed by atoms with Crippen molar-refractivity contribution in [3.8, 4) is 23.3 Å². The van der Waals surface area contributed by atoms with Crippen molar-refractivity contribution in [3.05, 3.63) is 121 Å². The summed E-state index contributed by atoms with van der Waals surface area (Å²) in [6.07, 6.45) is 1.45. The van der Waals surface area contributed by atoms with E-state index in [2.05, 4.69) is 5.32 Å². The number of hydrogen-bond donors (Lipinski definition) is 1. The summed E-state index contributed by atoms with van der Waals surface area (Å²) in [4.78, 5) is 12.9. The lowest BCUT2D eigenvalue weighted by Crippen LogP contribution is -2.13. The first-order chi connectivity index (χ1) is 19.7. The van der Waals surface area contributed by atoms with Gasteiger partial charge in [-0.15, -0.1) is 0 Å². The molecule has 6 nitrogen and oxygen atoms in total. The number of carbonyl (C=O) groups excluding carboxylic acids is 1.